The molecule has 3 nitrogen and oxygen atoms in total. The van der Waals surface area contributed by atoms with E-state index < -0.39 is 0 Å². The van der Waals surface area contributed by atoms with Gasteiger partial charge in [0.05, 0.1) is 5.54 Å². The Bertz CT molecular complexity index is 471. The van der Waals surface area contributed by atoms with E-state index in [1.165, 1.54) is 0 Å². The van der Waals surface area contributed by atoms with Gasteiger partial charge in [0.15, 0.2) is 0 Å². The Labute approximate surface area is 123 Å². The van der Waals surface area contributed by atoms with Crippen LogP contribution in [0.15, 0.2) is 18.2 Å². The van der Waals surface area contributed by atoms with Gasteiger partial charge >= 0.3 is 0 Å². The summed E-state index contributed by atoms with van der Waals surface area (Å²) in [6.07, 6.45) is 1.48. The van der Waals surface area contributed by atoms with Crippen LogP contribution in [-0.4, -0.2) is 30.5 Å². The predicted octanol–water partition coefficient (Wildman–Crippen LogP) is 3.17. The van der Waals surface area contributed by atoms with E-state index in [2.05, 4.69) is 5.32 Å². The summed E-state index contributed by atoms with van der Waals surface area (Å²) in [5.74, 6) is 0.268. The first-order valence-corrected chi connectivity index (χ1v) is 7.20. The van der Waals surface area contributed by atoms with Crippen LogP contribution in [0.4, 0.5) is 0 Å². The maximum Gasteiger partial charge on any atom is 0.252 e. The predicted molar refractivity (Wildman–Crippen MR) is 77.2 cm³/mol. The van der Waals surface area contributed by atoms with Gasteiger partial charge in [-0.05, 0) is 37.5 Å². The van der Waals surface area contributed by atoms with Gasteiger partial charge in [-0.15, -0.1) is 11.6 Å². The van der Waals surface area contributed by atoms with Crippen LogP contribution in [0.3, 0.4) is 0 Å². The minimum atomic E-state index is -0.369. The zero-order valence-electron chi connectivity index (χ0n) is 10.8. The van der Waals surface area contributed by atoms with E-state index in [-0.39, 0.29) is 11.4 Å². The van der Waals surface area contributed by atoms with E-state index in [1.807, 2.05) is 6.92 Å². The van der Waals surface area contributed by atoms with Gasteiger partial charge in [-0.2, -0.15) is 0 Å². The maximum atomic E-state index is 12.4. The highest BCUT2D eigenvalue weighted by atomic mass is 35.5. The van der Waals surface area contributed by atoms with Gasteiger partial charge in [-0.3, -0.25) is 4.79 Å². The summed E-state index contributed by atoms with van der Waals surface area (Å²) in [4.78, 5) is 12.4. The standard InChI is InChI=1S/C14H17Cl2NO2/c1-10-11(3-2-4-12(10)16)13(18)17-14(9-15)5-7-19-8-6-14/h2-4H,5-9H2,1H3,(H,17,18). The van der Waals surface area contributed by atoms with Crippen LogP contribution in [0.2, 0.25) is 5.02 Å². The first-order chi connectivity index (χ1) is 9.08. The molecule has 104 valence electrons. The van der Waals surface area contributed by atoms with Gasteiger partial charge in [0, 0.05) is 29.7 Å². The highest BCUT2D eigenvalue weighted by Gasteiger charge is 2.33. The third-order valence-corrected chi connectivity index (χ3v) is 4.52. The molecule has 1 aliphatic heterocycles. The van der Waals surface area contributed by atoms with Crippen molar-refractivity contribution in [1.82, 2.24) is 5.32 Å². The number of ether oxygens (including phenoxy) is 1. The second kappa shape index (κ2) is 6.12. The SMILES string of the molecule is Cc1c(Cl)cccc1C(=O)NC1(CCl)CCOCC1. The summed E-state index contributed by atoms with van der Waals surface area (Å²) >= 11 is 12.1. The van der Waals surface area contributed by atoms with E-state index in [0.717, 1.165) is 18.4 Å². The number of alkyl halides is 1. The lowest BCUT2D eigenvalue weighted by atomic mass is 9.91. The Kier molecular flexibility index (Phi) is 4.71. The van der Waals surface area contributed by atoms with E-state index in [4.69, 9.17) is 27.9 Å². The Hall–Kier alpha value is -0.770. The molecule has 0 atom stereocenters. The number of carbonyl (C=O) groups is 1. The van der Waals surface area contributed by atoms with Crippen molar-refractivity contribution in [3.63, 3.8) is 0 Å². The molecule has 0 aromatic heterocycles. The Morgan fingerprint density at radius 1 is 1.42 bits per heavy atom. The summed E-state index contributed by atoms with van der Waals surface area (Å²) < 4.78 is 5.33. The minimum absolute atomic E-state index is 0.123. The number of halogens is 2. The first kappa shape index (κ1) is 14.6. The lowest BCUT2D eigenvalue weighted by Gasteiger charge is -2.36. The Morgan fingerprint density at radius 2 is 2.11 bits per heavy atom. The van der Waals surface area contributed by atoms with Crippen molar-refractivity contribution in [2.45, 2.75) is 25.3 Å². The zero-order valence-corrected chi connectivity index (χ0v) is 12.4. The van der Waals surface area contributed by atoms with Crippen LogP contribution in [0.5, 0.6) is 0 Å². The lowest BCUT2D eigenvalue weighted by Crippen LogP contribution is -2.53. The third-order valence-electron chi connectivity index (χ3n) is 3.60. The van der Waals surface area contributed by atoms with E-state index in [9.17, 15) is 4.79 Å². The molecule has 1 amide bonds. The Balaban J connectivity index is 2.17. The number of carbonyl (C=O) groups excluding carboxylic acids is 1. The van der Waals surface area contributed by atoms with Gasteiger partial charge in [0.1, 0.15) is 0 Å². The molecule has 1 aromatic rings. The normalized spacial score (nSPS) is 18.1. The first-order valence-electron chi connectivity index (χ1n) is 6.29. The largest absolute Gasteiger partial charge is 0.381 e. The van der Waals surface area contributed by atoms with Gasteiger partial charge < -0.3 is 10.1 Å². The Morgan fingerprint density at radius 3 is 2.74 bits per heavy atom. The fraction of sp³-hybridized carbons (Fsp3) is 0.500. The number of nitrogens with one attached hydrogen (secondary N) is 1. The molecule has 1 aliphatic rings. The van der Waals surface area contributed by atoms with E-state index in [0.29, 0.717) is 29.7 Å². The molecular formula is C14H17Cl2NO2. The molecule has 2 rings (SSSR count). The molecular weight excluding hydrogens is 285 g/mol. The molecule has 0 spiro atoms. The van der Waals surface area contributed by atoms with Crippen molar-refractivity contribution in [2.75, 3.05) is 19.1 Å². The summed E-state index contributed by atoms with van der Waals surface area (Å²) in [7, 11) is 0. The molecule has 0 unspecified atom stereocenters. The monoisotopic (exact) mass is 301 g/mol. The van der Waals surface area contributed by atoms with Crippen molar-refractivity contribution < 1.29 is 9.53 Å². The lowest BCUT2D eigenvalue weighted by molar-refractivity contribution is 0.0433. The molecule has 1 N–H and O–H groups in total. The van der Waals surface area contributed by atoms with Crippen molar-refractivity contribution in [3.8, 4) is 0 Å². The van der Waals surface area contributed by atoms with Crippen molar-refractivity contribution >= 4 is 29.1 Å². The molecule has 0 saturated carbocycles. The number of amides is 1. The second-order valence-electron chi connectivity index (χ2n) is 4.89. The number of hydrogen-bond donors (Lipinski definition) is 1. The summed E-state index contributed by atoms with van der Waals surface area (Å²) in [6, 6.07) is 5.33. The summed E-state index contributed by atoms with van der Waals surface area (Å²) in [5.41, 5.74) is 1.02. The zero-order chi connectivity index (χ0) is 13.9. The topological polar surface area (TPSA) is 38.3 Å². The van der Waals surface area contributed by atoms with Crippen molar-refractivity contribution in [1.29, 1.82) is 0 Å². The number of hydrogen-bond acceptors (Lipinski definition) is 2. The van der Waals surface area contributed by atoms with Crippen LogP contribution in [0.1, 0.15) is 28.8 Å². The van der Waals surface area contributed by atoms with Crippen molar-refractivity contribution in [2.24, 2.45) is 0 Å². The smallest absolute Gasteiger partial charge is 0.252 e. The molecule has 1 saturated heterocycles. The van der Waals surface area contributed by atoms with Gasteiger partial charge in [0.2, 0.25) is 0 Å². The average Bonchev–Trinajstić information content (AvgIpc) is 2.42. The third kappa shape index (κ3) is 3.22. The summed E-state index contributed by atoms with van der Waals surface area (Å²) in [5, 5.41) is 3.65. The fourth-order valence-electron chi connectivity index (χ4n) is 2.22. The van der Waals surface area contributed by atoms with Crippen LogP contribution in [0.25, 0.3) is 0 Å². The molecule has 1 aromatic carbocycles. The van der Waals surface area contributed by atoms with Gasteiger partial charge in [0.25, 0.3) is 5.91 Å². The molecule has 0 aliphatic carbocycles. The second-order valence-corrected chi connectivity index (χ2v) is 5.57. The van der Waals surface area contributed by atoms with E-state index >= 15 is 0 Å². The van der Waals surface area contributed by atoms with Crippen LogP contribution < -0.4 is 5.32 Å². The van der Waals surface area contributed by atoms with Crippen LogP contribution in [0, 0.1) is 6.92 Å². The highest BCUT2D eigenvalue weighted by molar-refractivity contribution is 6.31. The molecule has 0 bridgehead atoms. The fourth-order valence-corrected chi connectivity index (χ4v) is 2.72. The van der Waals surface area contributed by atoms with E-state index in [1.54, 1.807) is 18.2 Å². The number of benzene rings is 1. The maximum absolute atomic E-state index is 12.4. The quantitative estimate of drug-likeness (QED) is 0.871. The van der Waals surface area contributed by atoms with Crippen molar-refractivity contribution in [3.05, 3.63) is 34.3 Å². The number of rotatable bonds is 3. The molecule has 0 radical (unpaired) electrons. The minimum Gasteiger partial charge on any atom is -0.381 e. The molecule has 1 fully saturated rings. The average molecular weight is 302 g/mol. The van der Waals surface area contributed by atoms with Crippen LogP contribution >= 0.6 is 23.2 Å². The highest BCUT2D eigenvalue weighted by Crippen LogP contribution is 2.24. The van der Waals surface area contributed by atoms with Gasteiger partial charge in [-0.25, -0.2) is 0 Å². The summed E-state index contributed by atoms with van der Waals surface area (Å²) in [6.45, 7) is 3.09. The molecule has 19 heavy (non-hydrogen) atoms. The van der Waals surface area contributed by atoms with Crippen LogP contribution in [-0.2, 0) is 4.74 Å². The van der Waals surface area contributed by atoms with Gasteiger partial charge in [-0.1, -0.05) is 17.7 Å². The molecule has 5 heteroatoms. The molecule has 1 heterocycles.